The van der Waals surface area contributed by atoms with Gasteiger partial charge in [0.2, 0.25) is 0 Å². The quantitative estimate of drug-likeness (QED) is 0.184. The SMILES string of the molecule is c1ccc2c(c1)-c1ccc(-c3nc(-c4cccc5oc6ccccc6c45)nc(-c4cccc5oc6ccccc6c45)n3)cc1C21C2CC3CC(C2)CC1C3. The van der Waals surface area contributed by atoms with Gasteiger partial charge in [-0.25, -0.2) is 15.0 Å². The van der Waals surface area contributed by atoms with Crippen molar-refractivity contribution in [2.45, 2.75) is 37.5 Å². The molecule has 54 heavy (non-hydrogen) atoms. The lowest BCUT2D eigenvalue weighted by atomic mass is 9.43. The molecule has 4 bridgehead atoms. The van der Waals surface area contributed by atoms with E-state index in [2.05, 4.69) is 78.9 Å². The van der Waals surface area contributed by atoms with Crippen molar-refractivity contribution >= 4 is 43.9 Å². The highest BCUT2D eigenvalue weighted by Crippen LogP contribution is 2.69. The number of hydrogen-bond acceptors (Lipinski definition) is 5. The van der Waals surface area contributed by atoms with Crippen LogP contribution in [0.15, 0.2) is 136 Å². The van der Waals surface area contributed by atoms with E-state index in [1.54, 1.807) is 5.56 Å². The van der Waals surface area contributed by atoms with Gasteiger partial charge in [0.25, 0.3) is 0 Å². The van der Waals surface area contributed by atoms with E-state index in [-0.39, 0.29) is 5.41 Å². The Morgan fingerprint density at radius 1 is 0.426 bits per heavy atom. The van der Waals surface area contributed by atoms with Crippen LogP contribution in [0.1, 0.15) is 43.2 Å². The summed E-state index contributed by atoms with van der Waals surface area (Å²) in [6, 6.07) is 45.2. The van der Waals surface area contributed by atoms with Crippen molar-refractivity contribution in [1.29, 1.82) is 0 Å². The molecule has 5 aliphatic carbocycles. The Bertz CT molecular complexity index is 2880. The van der Waals surface area contributed by atoms with Gasteiger partial charge in [0.15, 0.2) is 17.5 Å². The van der Waals surface area contributed by atoms with Gasteiger partial charge in [0.05, 0.1) is 0 Å². The molecule has 6 aromatic carbocycles. The zero-order valence-corrected chi connectivity index (χ0v) is 29.6. The van der Waals surface area contributed by atoms with Crippen LogP contribution in [-0.4, -0.2) is 15.0 Å². The second kappa shape index (κ2) is 10.5. The first kappa shape index (κ1) is 29.4. The second-order valence-electron chi connectivity index (χ2n) is 16.3. The molecule has 3 heterocycles. The van der Waals surface area contributed by atoms with Gasteiger partial charge in [-0.05, 0) is 108 Å². The van der Waals surface area contributed by atoms with Crippen LogP contribution in [0, 0.1) is 23.7 Å². The molecule has 0 amide bonds. The predicted octanol–water partition coefficient (Wildman–Crippen LogP) is 12.4. The number of benzene rings is 6. The Hall–Kier alpha value is -6.07. The van der Waals surface area contributed by atoms with E-state index in [9.17, 15) is 0 Å². The summed E-state index contributed by atoms with van der Waals surface area (Å²) in [5.74, 6) is 5.06. The van der Waals surface area contributed by atoms with E-state index in [1.807, 2.05) is 48.5 Å². The van der Waals surface area contributed by atoms with E-state index in [4.69, 9.17) is 23.8 Å². The van der Waals surface area contributed by atoms with Crippen LogP contribution in [0.4, 0.5) is 0 Å². The summed E-state index contributed by atoms with van der Waals surface area (Å²) in [7, 11) is 0. The van der Waals surface area contributed by atoms with Gasteiger partial charge >= 0.3 is 0 Å². The molecule has 4 fully saturated rings. The highest BCUT2D eigenvalue weighted by atomic mass is 16.3. The lowest BCUT2D eigenvalue weighted by molar-refractivity contribution is -0.0399. The summed E-state index contributed by atoms with van der Waals surface area (Å²) in [5.41, 5.74) is 12.1. The highest BCUT2D eigenvalue weighted by Gasteiger charge is 2.61. The number of para-hydroxylation sites is 2. The largest absolute Gasteiger partial charge is 0.456 e. The zero-order chi connectivity index (χ0) is 35.1. The number of hydrogen-bond donors (Lipinski definition) is 0. The van der Waals surface area contributed by atoms with Crippen molar-refractivity contribution in [2.75, 3.05) is 0 Å². The molecule has 3 aromatic heterocycles. The maximum Gasteiger partial charge on any atom is 0.164 e. The molecule has 1 spiro atoms. The normalized spacial score (nSPS) is 23.6. The number of nitrogens with zero attached hydrogens (tertiary/aromatic N) is 3. The van der Waals surface area contributed by atoms with E-state index in [1.165, 1.54) is 48.8 Å². The molecule has 0 radical (unpaired) electrons. The van der Waals surface area contributed by atoms with Crippen LogP contribution in [0.2, 0.25) is 0 Å². The minimum absolute atomic E-state index is 0.0522. The van der Waals surface area contributed by atoms with Crippen molar-refractivity contribution in [3.05, 3.63) is 139 Å². The molecule has 258 valence electrons. The van der Waals surface area contributed by atoms with E-state index in [0.717, 1.165) is 72.4 Å². The number of furan rings is 2. The molecular weight excluding hydrogens is 663 g/mol. The van der Waals surface area contributed by atoms with Gasteiger partial charge in [-0.15, -0.1) is 0 Å². The van der Waals surface area contributed by atoms with Crippen LogP contribution in [0.25, 0.3) is 89.2 Å². The third-order valence-corrected chi connectivity index (χ3v) is 13.7. The molecule has 0 unspecified atom stereocenters. The standard InChI is InChI=1S/C49H35N3O2/c1-4-14-38-32(9-1)33-20-19-29(26-39(33)49(38)30-22-27-21-28(24-30)25-31(49)23-27)46-50-47(36-12-7-17-42-44(36)34-10-2-5-15-40(34)53-42)52-48(51-46)37-13-8-18-43-45(37)35-11-3-6-16-41(35)54-43/h1-20,26-28,30-31H,21-25H2. The average Bonchev–Trinajstić information content (AvgIpc) is 3.88. The smallest absolute Gasteiger partial charge is 0.164 e. The molecule has 5 heteroatoms. The third kappa shape index (κ3) is 3.81. The molecule has 5 aliphatic rings. The predicted molar refractivity (Wildman–Crippen MR) is 214 cm³/mol. The van der Waals surface area contributed by atoms with Gasteiger partial charge in [-0.2, -0.15) is 0 Å². The van der Waals surface area contributed by atoms with Crippen LogP contribution in [0.3, 0.4) is 0 Å². The van der Waals surface area contributed by atoms with Crippen LogP contribution >= 0.6 is 0 Å². The molecular formula is C49H35N3O2. The number of rotatable bonds is 3. The van der Waals surface area contributed by atoms with E-state index in [0.29, 0.717) is 29.3 Å². The first-order valence-corrected chi connectivity index (χ1v) is 19.5. The Kier molecular flexibility index (Phi) is 5.74. The summed E-state index contributed by atoms with van der Waals surface area (Å²) < 4.78 is 12.7. The Morgan fingerprint density at radius 3 is 1.56 bits per heavy atom. The van der Waals surface area contributed by atoms with Crippen molar-refractivity contribution < 1.29 is 8.83 Å². The van der Waals surface area contributed by atoms with Gasteiger partial charge < -0.3 is 8.83 Å². The monoisotopic (exact) mass is 697 g/mol. The maximum absolute atomic E-state index is 6.35. The minimum Gasteiger partial charge on any atom is -0.456 e. The Morgan fingerprint density at radius 2 is 0.926 bits per heavy atom. The summed E-state index contributed by atoms with van der Waals surface area (Å²) >= 11 is 0. The summed E-state index contributed by atoms with van der Waals surface area (Å²) in [6.07, 6.45) is 6.81. The molecule has 0 saturated heterocycles. The first-order valence-electron chi connectivity index (χ1n) is 19.5. The van der Waals surface area contributed by atoms with Crippen molar-refractivity contribution in [3.8, 4) is 45.3 Å². The van der Waals surface area contributed by atoms with E-state index >= 15 is 0 Å². The maximum atomic E-state index is 6.35. The first-order chi connectivity index (χ1) is 26.7. The molecule has 9 aromatic rings. The fraction of sp³-hybridized carbons (Fsp3) is 0.204. The van der Waals surface area contributed by atoms with Crippen LogP contribution < -0.4 is 0 Å². The summed E-state index contributed by atoms with van der Waals surface area (Å²) in [6.45, 7) is 0. The number of fused-ring (bicyclic) bond motifs is 9. The highest BCUT2D eigenvalue weighted by molar-refractivity contribution is 6.13. The lowest BCUT2D eigenvalue weighted by Crippen LogP contribution is -2.55. The van der Waals surface area contributed by atoms with Gasteiger partial charge in [-0.3, -0.25) is 0 Å². The zero-order valence-electron chi connectivity index (χ0n) is 29.6. The average molecular weight is 698 g/mol. The molecule has 0 atom stereocenters. The van der Waals surface area contributed by atoms with Crippen LogP contribution in [-0.2, 0) is 5.41 Å². The fourth-order valence-electron chi connectivity index (χ4n) is 12.0. The lowest BCUT2D eigenvalue weighted by Gasteiger charge is -2.61. The molecule has 5 nitrogen and oxygen atoms in total. The topological polar surface area (TPSA) is 65.0 Å². The van der Waals surface area contributed by atoms with Gasteiger partial charge in [0.1, 0.15) is 22.3 Å². The molecule has 0 N–H and O–H groups in total. The van der Waals surface area contributed by atoms with Crippen molar-refractivity contribution in [2.24, 2.45) is 23.7 Å². The number of aromatic nitrogens is 3. The third-order valence-electron chi connectivity index (χ3n) is 13.7. The fourth-order valence-corrected chi connectivity index (χ4v) is 12.0. The summed E-state index contributed by atoms with van der Waals surface area (Å²) in [5, 5.41) is 4.13. The van der Waals surface area contributed by atoms with Gasteiger partial charge in [0, 0.05) is 43.7 Å². The van der Waals surface area contributed by atoms with Crippen molar-refractivity contribution in [3.63, 3.8) is 0 Å². The Labute approximate surface area is 311 Å². The minimum atomic E-state index is 0.0522. The van der Waals surface area contributed by atoms with Gasteiger partial charge in [-0.1, -0.05) is 97.1 Å². The molecule has 4 saturated carbocycles. The van der Waals surface area contributed by atoms with Crippen molar-refractivity contribution in [1.82, 2.24) is 15.0 Å². The van der Waals surface area contributed by atoms with Crippen LogP contribution in [0.5, 0.6) is 0 Å². The Balaban J connectivity index is 1.08. The summed E-state index contributed by atoms with van der Waals surface area (Å²) in [4.78, 5) is 16.1. The second-order valence-corrected chi connectivity index (χ2v) is 16.3. The molecule has 14 rings (SSSR count). The molecule has 0 aliphatic heterocycles. The van der Waals surface area contributed by atoms with E-state index < -0.39 is 0 Å².